The van der Waals surface area contributed by atoms with Crippen molar-refractivity contribution in [1.82, 2.24) is 4.90 Å². The fourth-order valence-corrected chi connectivity index (χ4v) is 3.30. The fraction of sp³-hybridized carbons (Fsp3) is 0.625. The summed E-state index contributed by atoms with van der Waals surface area (Å²) >= 11 is 0. The summed E-state index contributed by atoms with van der Waals surface area (Å²) in [7, 11) is 0. The van der Waals surface area contributed by atoms with E-state index in [4.69, 9.17) is 5.73 Å². The first-order valence-corrected chi connectivity index (χ1v) is 7.77. The molecular formula is C16H25N3O2. The van der Waals surface area contributed by atoms with Crippen molar-refractivity contribution in [3.8, 4) is 0 Å². The van der Waals surface area contributed by atoms with E-state index in [0.717, 1.165) is 31.5 Å². The highest BCUT2D eigenvalue weighted by Crippen LogP contribution is 2.31. The molecule has 0 spiro atoms. The monoisotopic (exact) mass is 291 g/mol. The van der Waals surface area contributed by atoms with E-state index in [9.17, 15) is 10.1 Å². The average Bonchev–Trinajstić information content (AvgIpc) is 2.48. The Hall–Kier alpha value is -1.46. The van der Waals surface area contributed by atoms with Gasteiger partial charge in [-0.15, -0.1) is 0 Å². The van der Waals surface area contributed by atoms with E-state index in [1.54, 1.807) is 18.2 Å². The number of likely N-dealkylation sites (tertiary alicyclic amines) is 1. The van der Waals surface area contributed by atoms with Crippen LogP contribution in [0.25, 0.3) is 0 Å². The number of nitro groups is 1. The van der Waals surface area contributed by atoms with Crippen LogP contribution in [-0.2, 0) is 0 Å². The third-order valence-electron chi connectivity index (χ3n) is 4.53. The zero-order valence-corrected chi connectivity index (χ0v) is 12.9. The average molecular weight is 291 g/mol. The lowest BCUT2D eigenvalue weighted by atomic mass is 9.89. The smallest absolute Gasteiger partial charge is 0.269 e. The summed E-state index contributed by atoms with van der Waals surface area (Å²) in [5.74, 6) is 0.520. The van der Waals surface area contributed by atoms with Crippen LogP contribution in [0.1, 0.15) is 44.7 Å². The van der Waals surface area contributed by atoms with Crippen molar-refractivity contribution < 1.29 is 4.92 Å². The maximum Gasteiger partial charge on any atom is 0.269 e. The lowest BCUT2D eigenvalue weighted by Crippen LogP contribution is -2.43. The minimum Gasteiger partial charge on any atom is -0.328 e. The molecule has 0 saturated carbocycles. The lowest BCUT2D eigenvalue weighted by molar-refractivity contribution is -0.385. The summed E-state index contributed by atoms with van der Waals surface area (Å²) in [5.41, 5.74) is 7.27. The Bertz CT molecular complexity index is 490. The lowest BCUT2D eigenvalue weighted by Gasteiger charge is -2.39. The maximum atomic E-state index is 11.0. The van der Waals surface area contributed by atoms with Gasteiger partial charge in [0, 0.05) is 30.8 Å². The number of rotatable bonds is 5. The predicted octanol–water partition coefficient (Wildman–Crippen LogP) is 3.11. The number of nitrogens with two attached hydrogens (primary N) is 1. The molecule has 1 aromatic rings. The standard InChI is InChI=1S/C16H25N3O2/c1-3-16(13-6-4-8-15(10-13)19(20)21)18-9-5-7-14(11-18)12(2)17/h4,6,8,10,12,14,16H,3,5,7,9,11,17H2,1-2H3. The molecular weight excluding hydrogens is 266 g/mol. The van der Waals surface area contributed by atoms with Gasteiger partial charge in [0.25, 0.3) is 5.69 Å². The number of non-ortho nitro benzene ring substituents is 1. The molecule has 1 aliphatic heterocycles. The van der Waals surface area contributed by atoms with Gasteiger partial charge in [0.15, 0.2) is 0 Å². The van der Waals surface area contributed by atoms with E-state index < -0.39 is 0 Å². The minimum atomic E-state index is -0.322. The Balaban J connectivity index is 2.19. The quantitative estimate of drug-likeness (QED) is 0.668. The second-order valence-electron chi connectivity index (χ2n) is 6.03. The molecule has 3 unspecified atom stereocenters. The van der Waals surface area contributed by atoms with Crippen molar-refractivity contribution in [2.45, 2.75) is 45.2 Å². The molecule has 1 aromatic carbocycles. The zero-order valence-electron chi connectivity index (χ0n) is 12.9. The normalized spacial score (nSPS) is 22.7. The number of hydrogen-bond acceptors (Lipinski definition) is 4. The van der Waals surface area contributed by atoms with Crippen LogP contribution >= 0.6 is 0 Å². The highest BCUT2D eigenvalue weighted by molar-refractivity contribution is 5.35. The van der Waals surface area contributed by atoms with Crippen molar-refractivity contribution in [2.24, 2.45) is 11.7 Å². The second-order valence-corrected chi connectivity index (χ2v) is 6.03. The van der Waals surface area contributed by atoms with Crippen molar-refractivity contribution in [3.05, 3.63) is 39.9 Å². The third-order valence-corrected chi connectivity index (χ3v) is 4.53. The van der Waals surface area contributed by atoms with Gasteiger partial charge in [-0.25, -0.2) is 0 Å². The summed E-state index contributed by atoms with van der Waals surface area (Å²) < 4.78 is 0. The Morgan fingerprint density at radius 1 is 1.52 bits per heavy atom. The molecule has 1 heterocycles. The van der Waals surface area contributed by atoms with Gasteiger partial charge in [-0.05, 0) is 44.2 Å². The molecule has 1 fully saturated rings. The molecule has 1 aliphatic rings. The van der Waals surface area contributed by atoms with E-state index >= 15 is 0 Å². The molecule has 0 amide bonds. The summed E-state index contributed by atoms with van der Waals surface area (Å²) in [4.78, 5) is 13.1. The molecule has 2 N–H and O–H groups in total. The zero-order chi connectivity index (χ0) is 15.4. The highest BCUT2D eigenvalue weighted by atomic mass is 16.6. The predicted molar refractivity (Wildman–Crippen MR) is 84.1 cm³/mol. The van der Waals surface area contributed by atoms with Crippen LogP contribution in [0.5, 0.6) is 0 Å². The van der Waals surface area contributed by atoms with Crippen LogP contribution in [0.3, 0.4) is 0 Å². The molecule has 5 nitrogen and oxygen atoms in total. The summed E-state index contributed by atoms with van der Waals surface area (Å²) in [5, 5.41) is 11.0. The van der Waals surface area contributed by atoms with Crippen LogP contribution in [0.4, 0.5) is 5.69 Å². The van der Waals surface area contributed by atoms with Gasteiger partial charge in [-0.2, -0.15) is 0 Å². The van der Waals surface area contributed by atoms with Crippen molar-refractivity contribution in [2.75, 3.05) is 13.1 Å². The molecule has 0 bridgehead atoms. The van der Waals surface area contributed by atoms with Gasteiger partial charge in [-0.3, -0.25) is 15.0 Å². The molecule has 116 valence electrons. The molecule has 0 aliphatic carbocycles. The van der Waals surface area contributed by atoms with E-state index in [1.807, 2.05) is 6.07 Å². The van der Waals surface area contributed by atoms with Gasteiger partial charge in [0.2, 0.25) is 0 Å². The maximum absolute atomic E-state index is 11.0. The number of benzene rings is 1. The first-order chi connectivity index (χ1) is 10.0. The Kier molecular flexibility index (Phi) is 5.31. The van der Waals surface area contributed by atoms with Crippen molar-refractivity contribution in [1.29, 1.82) is 0 Å². The number of piperidine rings is 1. The second kappa shape index (κ2) is 7.00. The molecule has 3 atom stereocenters. The van der Waals surface area contributed by atoms with E-state index in [2.05, 4.69) is 18.7 Å². The van der Waals surface area contributed by atoms with Gasteiger partial charge in [0.05, 0.1) is 4.92 Å². The molecule has 21 heavy (non-hydrogen) atoms. The number of hydrogen-bond donors (Lipinski definition) is 1. The summed E-state index contributed by atoms with van der Waals surface area (Å²) in [6.45, 7) is 6.24. The Morgan fingerprint density at radius 3 is 2.90 bits per heavy atom. The van der Waals surface area contributed by atoms with Gasteiger partial charge < -0.3 is 5.73 Å². The fourth-order valence-electron chi connectivity index (χ4n) is 3.30. The van der Waals surface area contributed by atoms with Crippen LogP contribution in [0, 0.1) is 16.0 Å². The van der Waals surface area contributed by atoms with Crippen LogP contribution in [0.2, 0.25) is 0 Å². The highest BCUT2D eigenvalue weighted by Gasteiger charge is 2.28. The van der Waals surface area contributed by atoms with Crippen LogP contribution < -0.4 is 5.73 Å². The van der Waals surface area contributed by atoms with Crippen molar-refractivity contribution >= 4 is 5.69 Å². The van der Waals surface area contributed by atoms with Crippen molar-refractivity contribution in [3.63, 3.8) is 0 Å². The van der Waals surface area contributed by atoms with Gasteiger partial charge >= 0.3 is 0 Å². The first kappa shape index (κ1) is 15.9. The molecule has 0 radical (unpaired) electrons. The van der Waals surface area contributed by atoms with Crippen LogP contribution in [0.15, 0.2) is 24.3 Å². The SMILES string of the molecule is CCC(c1cccc([N+](=O)[O-])c1)N1CCCC(C(C)N)C1. The molecule has 1 saturated heterocycles. The largest absolute Gasteiger partial charge is 0.328 e. The molecule has 5 heteroatoms. The molecule has 2 rings (SSSR count). The van der Waals surface area contributed by atoms with Gasteiger partial charge in [0.1, 0.15) is 0 Å². The van der Waals surface area contributed by atoms with E-state index in [-0.39, 0.29) is 22.7 Å². The van der Waals surface area contributed by atoms with E-state index in [0.29, 0.717) is 5.92 Å². The third kappa shape index (κ3) is 3.80. The number of nitrogens with zero attached hydrogens (tertiary/aromatic N) is 2. The first-order valence-electron chi connectivity index (χ1n) is 7.77. The summed E-state index contributed by atoms with van der Waals surface area (Å²) in [6, 6.07) is 7.49. The Labute approximate surface area is 126 Å². The Morgan fingerprint density at radius 2 is 2.29 bits per heavy atom. The minimum absolute atomic E-state index is 0.173. The molecule has 0 aromatic heterocycles. The summed E-state index contributed by atoms with van der Waals surface area (Å²) in [6.07, 6.45) is 3.28. The topological polar surface area (TPSA) is 72.4 Å². The number of nitro benzene ring substituents is 1. The van der Waals surface area contributed by atoms with E-state index in [1.165, 1.54) is 6.42 Å². The van der Waals surface area contributed by atoms with Gasteiger partial charge in [-0.1, -0.05) is 19.1 Å². The van der Waals surface area contributed by atoms with Crippen LogP contribution in [-0.4, -0.2) is 29.0 Å².